The second-order valence-electron chi connectivity index (χ2n) is 4.15. The Morgan fingerprint density at radius 1 is 1.25 bits per heavy atom. The molecule has 1 nitrogen and oxygen atoms in total. The highest BCUT2D eigenvalue weighted by Crippen LogP contribution is 2.17. The van der Waals surface area contributed by atoms with E-state index in [1.54, 1.807) is 0 Å². The highest BCUT2D eigenvalue weighted by atomic mass is 35.5. The summed E-state index contributed by atoms with van der Waals surface area (Å²) in [4.78, 5) is 0. The van der Waals surface area contributed by atoms with Gasteiger partial charge in [0.2, 0.25) is 0 Å². The van der Waals surface area contributed by atoms with E-state index in [0.717, 1.165) is 24.3 Å². The van der Waals surface area contributed by atoms with E-state index in [0.29, 0.717) is 0 Å². The number of hydrogen-bond donors (Lipinski definition) is 0. The van der Waals surface area contributed by atoms with Gasteiger partial charge in [0.15, 0.2) is 0 Å². The lowest BCUT2D eigenvalue weighted by Crippen LogP contribution is -2.01. The highest BCUT2D eigenvalue weighted by molar-refractivity contribution is 6.30. The van der Waals surface area contributed by atoms with E-state index < -0.39 is 0 Å². The van der Waals surface area contributed by atoms with Crippen molar-refractivity contribution in [2.45, 2.75) is 39.0 Å². The van der Waals surface area contributed by atoms with Crippen LogP contribution < -0.4 is 0 Å². The van der Waals surface area contributed by atoms with Crippen LogP contribution in [0.1, 0.15) is 38.2 Å². The van der Waals surface area contributed by atoms with Gasteiger partial charge < -0.3 is 0 Å². The van der Waals surface area contributed by atoms with Crippen LogP contribution in [0.25, 0.3) is 0 Å². The first kappa shape index (κ1) is 13.1. The number of unbranched alkanes of at least 4 members (excludes halogenated alkanes) is 2. The van der Waals surface area contributed by atoms with Gasteiger partial charge in [-0.15, -0.1) is 0 Å². The summed E-state index contributed by atoms with van der Waals surface area (Å²) in [7, 11) is 0. The molecule has 0 spiro atoms. The summed E-state index contributed by atoms with van der Waals surface area (Å²) in [6.45, 7) is 2.18. The molecule has 0 heterocycles. The Kier molecular flexibility index (Phi) is 5.96. The number of nitrogens with zero attached hydrogens (tertiary/aromatic N) is 1. The van der Waals surface area contributed by atoms with Gasteiger partial charge in [-0.25, -0.2) is 0 Å². The van der Waals surface area contributed by atoms with E-state index >= 15 is 0 Å². The van der Waals surface area contributed by atoms with Gasteiger partial charge >= 0.3 is 0 Å². The van der Waals surface area contributed by atoms with Crippen molar-refractivity contribution in [3.63, 3.8) is 0 Å². The second kappa shape index (κ2) is 7.30. The maximum absolute atomic E-state index is 9.07. The summed E-state index contributed by atoms with van der Waals surface area (Å²) in [5.41, 5.74) is 1.20. The van der Waals surface area contributed by atoms with Gasteiger partial charge in [0.1, 0.15) is 0 Å². The van der Waals surface area contributed by atoms with Crippen LogP contribution in [0.5, 0.6) is 0 Å². The summed E-state index contributed by atoms with van der Waals surface area (Å²) < 4.78 is 0. The van der Waals surface area contributed by atoms with E-state index in [4.69, 9.17) is 16.9 Å². The van der Waals surface area contributed by atoms with Crippen LogP contribution in [0.2, 0.25) is 5.02 Å². The van der Waals surface area contributed by atoms with Crippen LogP contribution in [0.15, 0.2) is 24.3 Å². The minimum atomic E-state index is 0.146. The number of rotatable bonds is 6. The smallest absolute Gasteiger partial charge is 0.0659 e. The van der Waals surface area contributed by atoms with E-state index in [9.17, 15) is 0 Å². The van der Waals surface area contributed by atoms with Gasteiger partial charge in [0, 0.05) is 5.02 Å². The normalized spacial score (nSPS) is 12.1. The molecule has 0 aliphatic heterocycles. The Hall–Kier alpha value is -1.00. The molecule has 0 aromatic heterocycles. The Balaban J connectivity index is 2.44. The highest BCUT2D eigenvalue weighted by Gasteiger charge is 2.07. The number of nitriles is 1. The van der Waals surface area contributed by atoms with Gasteiger partial charge in [-0.3, -0.25) is 0 Å². The lowest BCUT2D eigenvalue weighted by molar-refractivity contribution is 0.546. The van der Waals surface area contributed by atoms with Crippen LogP contribution in [0.4, 0.5) is 0 Å². The number of benzene rings is 1. The van der Waals surface area contributed by atoms with Crippen LogP contribution in [0.3, 0.4) is 0 Å². The SMILES string of the molecule is CCCCCC(C#N)Cc1ccc(Cl)cc1. The standard InChI is InChI=1S/C14H18ClN/c1-2-3-4-5-13(11-16)10-12-6-8-14(15)9-7-12/h6-9,13H,2-5,10H2,1H3. The molecular weight excluding hydrogens is 218 g/mol. The third-order valence-electron chi connectivity index (χ3n) is 2.73. The lowest BCUT2D eigenvalue weighted by atomic mass is 9.95. The van der Waals surface area contributed by atoms with E-state index in [-0.39, 0.29) is 5.92 Å². The minimum absolute atomic E-state index is 0.146. The van der Waals surface area contributed by atoms with Gasteiger partial charge in [-0.1, -0.05) is 49.9 Å². The minimum Gasteiger partial charge on any atom is -0.198 e. The molecule has 0 saturated heterocycles. The van der Waals surface area contributed by atoms with Crippen molar-refractivity contribution in [1.29, 1.82) is 5.26 Å². The fourth-order valence-electron chi connectivity index (χ4n) is 1.76. The fourth-order valence-corrected chi connectivity index (χ4v) is 1.88. The van der Waals surface area contributed by atoms with E-state index in [2.05, 4.69) is 13.0 Å². The molecule has 16 heavy (non-hydrogen) atoms. The molecule has 1 unspecified atom stereocenters. The predicted molar refractivity (Wildman–Crippen MR) is 68.4 cm³/mol. The van der Waals surface area contributed by atoms with Crippen molar-refractivity contribution in [3.8, 4) is 6.07 Å². The van der Waals surface area contributed by atoms with Crippen LogP contribution in [-0.2, 0) is 6.42 Å². The maximum Gasteiger partial charge on any atom is 0.0659 e. The first-order valence-corrected chi connectivity index (χ1v) is 6.28. The van der Waals surface area contributed by atoms with E-state index in [1.807, 2.05) is 24.3 Å². The summed E-state index contributed by atoms with van der Waals surface area (Å²) in [6, 6.07) is 10.2. The average Bonchev–Trinajstić information content (AvgIpc) is 2.31. The summed E-state index contributed by atoms with van der Waals surface area (Å²) >= 11 is 5.82. The van der Waals surface area contributed by atoms with Crippen molar-refractivity contribution >= 4 is 11.6 Å². The van der Waals surface area contributed by atoms with Crippen LogP contribution in [0, 0.1) is 17.2 Å². The van der Waals surface area contributed by atoms with Gasteiger partial charge in [-0.2, -0.15) is 5.26 Å². The molecule has 0 aliphatic carbocycles. The fraction of sp³-hybridized carbons (Fsp3) is 0.500. The molecule has 0 saturated carbocycles. The van der Waals surface area contributed by atoms with Crippen molar-refractivity contribution in [1.82, 2.24) is 0 Å². The topological polar surface area (TPSA) is 23.8 Å². The zero-order valence-electron chi connectivity index (χ0n) is 9.75. The average molecular weight is 236 g/mol. The molecule has 0 fully saturated rings. The monoisotopic (exact) mass is 235 g/mol. The first-order chi connectivity index (χ1) is 7.76. The summed E-state index contributed by atoms with van der Waals surface area (Å²) in [6.07, 6.45) is 5.44. The van der Waals surface area contributed by atoms with Gasteiger partial charge in [0.25, 0.3) is 0 Å². The number of halogens is 1. The maximum atomic E-state index is 9.07. The zero-order chi connectivity index (χ0) is 11.8. The summed E-state index contributed by atoms with van der Waals surface area (Å²) in [5, 5.41) is 9.82. The van der Waals surface area contributed by atoms with Gasteiger partial charge in [0.05, 0.1) is 12.0 Å². The largest absolute Gasteiger partial charge is 0.198 e. The molecule has 0 radical (unpaired) electrons. The Morgan fingerprint density at radius 2 is 1.94 bits per heavy atom. The summed E-state index contributed by atoms with van der Waals surface area (Å²) in [5.74, 6) is 0.146. The van der Waals surface area contributed by atoms with Crippen LogP contribution in [-0.4, -0.2) is 0 Å². The molecule has 2 heteroatoms. The van der Waals surface area contributed by atoms with E-state index in [1.165, 1.54) is 18.4 Å². The lowest BCUT2D eigenvalue weighted by Gasteiger charge is -2.08. The molecular formula is C14H18ClN. The molecule has 0 bridgehead atoms. The van der Waals surface area contributed by atoms with Crippen molar-refractivity contribution < 1.29 is 0 Å². The molecule has 0 amide bonds. The molecule has 1 aromatic carbocycles. The molecule has 0 N–H and O–H groups in total. The zero-order valence-corrected chi connectivity index (χ0v) is 10.5. The van der Waals surface area contributed by atoms with Gasteiger partial charge in [-0.05, 0) is 30.5 Å². The van der Waals surface area contributed by atoms with Crippen molar-refractivity contribution in [2.75, 3.05) is 0 Å². The Labute approximate surface area is 103 Å². The predicted octanol–water partition coefficient (Wildman–Crippen LogP) is 4.60. The molecule has 1 rings (SSSR count). The molecule has 0 aliphatic rings. The Bertz CT molecular complexity index is 337. The molecule has 1 aromatic rings. The second-order valence-corrected chi connectivity index (χ2v) is 4.59. The molecule has 1 atom stereocenters. The third kappa shape index (κ3) is 4.68. The first-order valence-electron chi connectivity index (χ1n) is 5.90. The van der Waals surface area contributed by atoms with Crippen molar-refractivity contribution in [3.05, 3.63) is 34.9 Å². The Morgan fingerprint density at radius 3 is 2.50 bits per heavy atom. The third-order valence-corrected chi connectivity index (χ3v) is 2.99. The quantitative estimate of drug-likeness (QED) is 0.661. The molecule has 86 valence electrons. The number of hydrogen-bond acceptors (Lipinski definition) is 1. The van der Waals surface area contributed by atoms with Crippen LogP contribution >= 0.6 is 11.6 Å². The van der Waals surface area contributed by atoms with Crippen molar-refractivity contribution in [2.24, 2.45) is 5.92 Å².